The minimum absolute atomic E-state index is 0.00687. The van der Waals surface area contributed by atoms with E-state index in [1.165, 1.54) is 12.3 Å². The van der Waals surface area contributed by atoms with Crippen molar-refractivity contribution in [3.63, 3.8) is 0 Å². The van der Waals surface area contributed by atoms with Crippen LogP contribution in [0.3, 0.4) is 0 Å². The molecule has 0 bridgehead atoms. The second-order valence-corrected chi connectivity index (χ2v) is 5.76. The minimum Gasteiger partial charge on any atom is -0.490 e. The third kappa shape index (κ3) is 3.19. The second kappa shape index (κ2) is 6.79. The van der Waals surface area contributed by atoms with Crippen molar-refractivity contribution in [1.82, 2.24) is 4.98 Å². The molecule has 7 nitrogen and oxygen atoms in total. The van der Waals surface area contributed by atoms with Crippen molar-refractivity contribution in [2.24, 2.45) is 0 Å². The van der Waals surface area contributed by atoms with Gasteiger partial charge in [-0.05, 0) is 36.4 Å². The van der Waals surface area contributed by atoms with Gasteiger partial charge in [-0.3, -0.25) is 9.59 Å². The number of aromatic nitrogens is 1. The highest BCUT2D eigenvalue weighted by molar-refractivity contribution is 6.04. The molecule has 0 spiro atoms. The lowest BCUT2D eigenvalue weighted by Crippen LogP contribution is -2.23. The molecule has 7 heteroatoms. The van der Waals surface area contributed by atoms with E-state index in [2.05, 4.69) is 10.3 Å². The fourth-order valence-corrected chi connectivity index (χ4v) is 2.67. The Morgan fingerprint density at radius 3 is 2.65 bits per heavy atom. The number of furan rings is 1. The summed E-state index contributed by atoms with van der Waals surface area (Å²) in [6.07, 6.45) is 2.31. The second-order valence-electron chi connectivity index (χ2n) is 5.76. The van der Waals surface area contributed by atoms with Gasteiger partial charge in [0, 0.05) is 18.2 Å². The van der Waals surface area contributed by atoms with Gasteiger partial charge in [-0.2, -0.15) is 0 Å². The first-order valence-corrected chi connectivity index (χ1v) is 8.19. The van der Waals surface area contributed by atoms with Gasteiger partial charge in [-0.15, -0.1) is 0 Å². The first-order chi connectivity index (χ1) is 12.7. The third-order valence-electron chi connectivity index (χ3n) is 3.95. The zero-order valence-electron chi connectivity index (χ0n) is 13.8. The van der Waals surface area contributed by atoms with Gasteiger partial charge < -0.3 is 24.2 Å². The molecule has 0 atom stereocenters. The van der Waals surface area contributed by atoms with Crippen LogP contribution < -0.4 is 20.3 Å². The summed E-state index contributed by atoms with van der Waals surface area (Å²) in [4.78, 5) is 27.3. The molecular formula is C19H16N2O5. The first kappa shape index (κ1) is 16.0. The van der Waals surface area contributed by atoms with Crippen molar-refractivity contribution >= 4 is 11.6 Å². The van der Waals surface area contributed by atoms with Crippen molar-refractivity contribution < 1.29 is 18.7 Å². The zero-order chi connectivity index (χ0) is 17.9. The number of rotatable bonds is 3. The number of anilines is 1. The molecular weight excluding hydrogens is 336 g/mol. The summed E-state index contributed by atoms with van der Waals surface area (Å²) < 4.78 is 16.4. The van der Waals surface area contributed by atoms with E-state index in [1.807, 2.05) is 0 Å². The van der Waals surface area contributed by atoms with E-state index in [0.717, 1.165) is 6.42 Å². The van der Waals surface area contributed by atoms with Crippen molar-refractivity contribution in [2.45, 2.75) is 6.42 Å². The number of benzene rings is 1. The van der Waals surface area contributed by atoms with Gasteiger partial charge in [0.2, 0.25) is 0 Å². The maximum Gasteiger partial charge on any atom is 0.261 e. The molecule has 0 unspecified atom stereocenters. The molecule has 132 valence electrons. The van der Waals surface area contributed by atoms with Gasteiger partial charge >= 0.3 is 0 Å². The lowest BCUT2D eigenvalue weighted by molar-refractivity contribution is 0.102. The number of nitrogens with one attached hydrogen (secondary N) is 2. The Morgan fingerprint density at radius 2 is 1.88 bits per heavy atom. The molecule has 26 heavy (non-hydrogen) atoms. The molecule has 1 amide bonds. The Morgan fingerprint density at radius 1 is 1.04 bits per heavy atom. The largest absolute Gasteiger partial charge is 0.490 e. The van der Waals surface area contributed by atoms with E-state index in [0.29, 0.717) is 41.9 Å². The van der Waals surface area contributed by atoms with Gasteiger partial charge in [0.15, 0.2) is 11.5 Å². The molecule has 2 aromatic heterocycles. The summed E-state index contributed by atoms with van der Waals surface area (Å²) >= 11 is 0. The molecule has 0 saturated heterocycles. The molecule has 0 aliphatic carbocycles. The van der Waals surface area contributed by atoms with Crippen LogP contribution in [0.4, 0.5) is 5.69 Å². The average Bonchev–Trinajstić information content (AvgIpc) is 3.07. The van der Waals surface area contributed by atoms with E-state index in [1.54, 1.807) is 36.4 Å². The highest BCUT2D eigenvalue weighted by Crippen LogP contribution is 2.32. The monoisotopic (exact) mass is 352 g/mol. The minimum atomic E-state index is -0.508. The Bertz CT molecular complexity index is 991. The maximum atomic E-state index is 12.4. The van der Waals surface area contributed by atoms with Crippen LogP contribution in [0.1, 0.15) is 16.8 Å². The van der Waals surface area contributed by atoms with Gasteiger partial charge in [0.1, 0.15) is 11.3 Å². The molecule has 2 N–H and O–H groups in total. The summed E-state index contributed by atoms with van der Waals surface area (Å²) in [6.45, 7) is 1.15. The lowest BCUT2D eigenvalue weighted by atomic mass is 10.2. The van der Waals surface area contributed by atoms with Gasteiger partial charge in [0.05, 0.1) is 25.2 Å². The van der Waals surface area contributed by atoms with E-state index < -0.39 is 11.5 Å². The van der Waals surface area contributed by atoms with E-state index in [9.17, 15) is 9.59 Å². The smallest absolute Gasteiger partial charge is 0.261 e. The van der Waals surface area contributed by atoms with Crippen LogP contribution in [0.15, 0.2) is 57.9 Å². The van der Waals surface area contributed by atoms with Crippen LogP contribution in [-0.4, -0.2) is 24.1 Å². The quantitative estimate of drug-likeness (QED) is 0.756. The number of hydrogen-bond donors (Lipinski definition) is 2. The number of ether oxygens (including phenoxy) is 2. The molecule has 1 aliphatic heterocycles. The Balaban J connectivity index is 1.55. The van der Waals surface area contributed by atoms with Crippen LogP contribution in [0, 0.1) is 0 Å². The van der Waals surface area contributed by atoms with E-state index in [-0.39, 0.29) is 5.56 Å². The zero-order valence-corrected chi connectivity index (χ0v) is 13.8. The van der Waals surface area contributed by atoms with Crippen molar-refractivity contribution in [3.05, 3.63) is 64.6 Å². The number of amides is 1. The summed E-state index contributed by atoms with van der Waals surface area (Å²) in [5.74, 6) is 1.23. The number of H-pyrrole nitrogens is 1. The molecule has 3 heterocycles. The fraction of sp³-hybridized carbons (Fsp3) is 0.158. The van der Waals surface area contributed by atoms with E-state index in [4.69, 9.17) is 13.9 Å². The summed E-state index contributed by atoms with van der Waals surface area (Å²) in [6, 6.07) is 11.7. The normalized spacial score (nSPS) is 13.1. The molecule has 1 aromatic carbocycles. The van der Waals surface area contributed by atoms with Crippen LogP contribution in [0.2, 0.25) is 0 Å². The summed E-state index contributed by atoms with van der Waals surface area (Å²) in [7, 11) is 0. The highest BCUT2D eigenvalue weighted by Gasteiger charge is 2.15. The predicted octanol–water partition coefficient (Wildman–Crippen LogP) is 3.05. The van der Waals surface area contributed by atoms with Crippen molar-refractivity contribution in [3.8, 4) is 23.0 Å². The van der Waals surface area contributed by atoms with Gasteiger partial charge in [-0.25, -0.2) is 0 Å². The van der Waals surface area contributed by atoms with Crippen LogP contribution >= 0.6 is 0 Å². The number of pyridine rings is 1. The first-order valence-electron chi connectivity index (χ1n) is 8.19. The average molecular weight is 352 g/mol. The molecule has 4 rings (SSSR count). The topological polar surface area (TPSA) is 93.6 Å². The number of carbonyl (C=O) groups is 1. The number of hydrogen-bond acceptors (Lipinski definition) is 5. The number of carbonyl (C=O) groups excluding carboxylic acids is 1. The molecule has 0 fully saturated rings. The molecule has 3 aromatic rings. The van der Waals surface area contributed by atoms with E-state index >= 15 is 0 Å². The Hall–Kier alpha value is -3.48. The van der Waals surface area contributed by atoms with Crippen LogP contribution in [0.5, 0.6) is 11.5 Å². The number of aromatic amines is 1. The fourth-order valence-electron chi connectivity index (χ4n) is 2.67. The summed E-state index contributed by atoms with van der Waals surface area (Å²) in [5, 5.41) is 2.71. The molecule has 0 radical (unpaired) electrons. The van der Waals surface area contributed by atoms with Crippen molar-refractivity contribution in [2.75, 3.05) is 18.5 Å². The maximum absolute atomic E-state index is 12.4. The molecule has 1 aliphatic rings. The Kier molecular flexibility index (Phi) is 4.18. The van der Waals surface area contributed by atoms with Crippen LogP contribution in [-0.2, 0) is 0 Å². The third-order valence-corrected chi connectivity index (χ3v) is 3.95. The van der Waals surface area contributed by atoms with Crippen molar-refractivity contribution in [1.29, 1.82) is 0 Å². The van der Waals surface area contributed by atoms with Crippen LogP contribution in [0.25, 0.3) is 11.5 Å². The number of fused-ring (bicyclic) bond motifs is 1. The van der Waals surface area contributed by atoms with Gasteiger partial charge in [-0.1, -0.05) is 0 Å². The lowest BCUT2D eigenvalue weighted by Gasteiger charge is -2.10. The Labute approximate surface area is 148 Å². The summed E-state index contributed by atoms with van der Waals surface area (Å²) in [5.41, 5.74) is 0.541. The highest BCUT2D eigenvalue weighted by atomic mass is 16.5. The predicted molar refractivity (Wildman–Crippen MR) is 94.8 cm³/mol. The standard InChI is InChI=1S/C19H16N2O5/c22-18(13-5-6-14(21-19(13)23)15-3-1-8-24-15)20-12-4-7-16-17(11-12)26-10-2-9-25-16/h1,3-8,11H,2,9-10H2,(H,20,22)(H,21,23). The van der Waals surface area contributed by atoms with Gasteiger partial charge in [0.25, 0.3) is 11.5 Å². The SMILES string of the molecule is O=C(Nc1ccc2c(c1)OCCCO2)c1ccc(-c2ccco2)[nH]c1=O. The molecule has 0 saturated carbocycles.